The smallest absolute Gasteiger partial charge is 0.157 e. The van der Waals surface area contributed by atoms with Gasteiger partial charge >= 0.3 is 0 Å². The number of ether oxygens (including phenoxy) is 3. The largest absolute Gasteiger partial charge is 0.486 e. The number of carbonyl (C=O) groups excluding carboxylic acids is 1. The van der Waals surface area contributed by atoms with Crippen molar-refractivity contribution in [3.05, 3.63) is 29.8 Å². The van der Waals surface area contributed by atoms with E-state index in [1.807, 2.05) is 32.9 Å². The molecule has 0 heterocycles. The fraction of sp³-hybridized carbons (Fsp3) is 0.632. The molecular weight excluding hydrogens is 292 g/mol. The maximum atomic E-state index is 10.1. The summed E-state index contributed by atoms with van der Waals surface area (Å²) in [6.45, 7) is 14.0. The van der Waals surface area contributed by atoms with Crippen molar-refractivity contribution in [3.8, 4) is 5.75 Å². The van der Waals surface area contributed by atoms with Gasteiger partial charge in [0.1, 0.15) is 12.4 Å². The number of benzene rings is 1. The van der Waals surface area contributed by atoms with Crippen molar-refractivity contribution < 1.29 is 19.0 Å². The van der Waals surface area contributed by atoms with Crippen molar-refractivity contribution >= 4 is 6.29 Å². The van der Waals surface area contributed by atoms with E-state index in [9.17, 15) is 4.79 Å². The first-order valence-corrected chi connectivity index (χ1v) is 8.31. The average Bonchev–Trinajstić information content (AvgIpc) is 2.54. The molecule has 23 heavy (non-hydrogen) atoms. The van der Waals surface area contributed by atoms with E-state index >= 15 is 0 Å². The Morgan fingerprint density at radius 3 is 1.96 bits per heavy atom. The summed E-state index contributed by atoms with van der Waals surface area (Å²) < 4.78 is 15.3. The topological polar surface area (TPSA) is 44.8 Å². The Hall–Kier alpha value is -1.39. The Balaban J connectivity index is 0.000000515. The molecule has 0 spiro atoms. The molecule has 0 saturated heterocycles. The first-order chi connectivity index (χ1) is 10.9. The van der Waals surface area contributed by atoms with E-state index in [2.05, 4.69) is 32.9 Å². The molecule has 0 radical (unpaired) electrons. The number of hydrogen-bond donors (Lipinski definition) is 0. The number of carbonyl (C=O) groups is 1. The van der Waals surface area contributed by atoms with Gasteiger partial charge in [-0.1, -0.05) is 32.9 Å². The Morgan fingerprint density at radius 2 is 1.57 bits per heavy atom. The van der Waals surface area contributed by atoms with Crippen LogP contribution < -0.4 is 4.74 Å². The third-order valence-corrected chi connectivity index (χ3v) is 3.64. The molecule has 0 aromatic heterocycles. The Labute approximate surface area is 141 Å². The quantitative estimate of drug-likeness (QED) is 0.500. The molecule has 4 nitrogen and oxygen atoms in total. The average molecular weight is 324 g/mol. The van der Waals surface area contributed by atoms with Crippen LogP contribution in [0.4, 0.5) is 0 Å². The van der Waals surface area contributed by atoms with Crippen LogP contribution in [0.5, 0.6) is 5.75 Å². The van der Waals surface area contributed by atoms with E-state index in [1.54, 1.807) is 0 Å². The minimum atomic E-state index is -0.0370. The van der Waals surface area contributed by atoms with Gasteiger partial charge in [-0.2, -0.15) is 0 Å². The molecule has 0 aliphatic rings. The zero-order chi connectivity index (χ0) is 17.7. The molecule has 1 aromatic carbocycles. The van der Waals surface area contributed by atoms with Crippen molar-refractivity contribution in [3.63, 3.8) is 0 Å². The summed E-state index contributed by atoms with van der Waals surface area (Å²) in [6.07, 6.45) is 1.82. The molecule has 1 aromatic rings. The van der Waals surface area contributed by atoms with Crippen LogP contribution in [0.15, 0.2) is 24.3 Å². The van der Waals surface area contributed by atoms with E-state index in [-0.39, 0.29) is 18.3 Å². The van der Waals surface area contributed by atoms with E-state index in [0.29, 0.717) is 0 Å². The van der Waals surface area contributed by atoms with Gasteiger partial charge in [0, 0.05) is 13.2 Å². The lowest BCUT2D eigenvalue weighted by molar-refractivity contribution is -0.123. The maximum Gasteiger partial charge on any atom is 0.157 e. The van der Waals surface area contributed by atoms with Gasteiger partial charge < -0.3 is 14.2 Å². The van der Waals surface area contributed by atoms with E-state index < -0.39 is 0 Å². The van der Waals surface area contributed by atoms with Gasteiger partial charge in [0.2, 0.25) is 0 Å². The third-order valence-electron chi connectivity index (χ3n) is 3.64. The highest BCUT2D eigenvalue weighted by atomic mass is 16.7. The van der Waals surface area contributed by atoms with Crippen LogP contribution in [0.2, 0.25) is 0 Å². The minimum Gasteiger partial charge on any atom is -0.486 e. The van der Waals surface area contributed by atoms with Gasteiger partial charge in [-0.25, -0.2) is 0 Å². The van der Waals surface area contributed by atoms with Gasteiger partial charge in [-0.15, -0.1) is 0 Å². The molecule has 0 amide bonds. The van der Waals surface area contributed by atoms with Crippen molar-refractivity contribution in [1.82, 2.24) is 0 Å². The summed E-state index contributed by atoms with van der Waals surface area (Å²) in [4.78, 5) is 10.1. The van der Waals surface area contributed by atoms with E-state index in [0.717, 1.165) is 31.7 Å². The SMILES string of the molecule is CCC(C)(C)c1ccc(OCC=O)cc1.CCOC(C)OCC. The molecule has 0 aliphatic carbocycles. The first kappa shape index (κ1) is 21.6. The third kappa shape index (κ3) is 9.36. The summed E-state index contributed by atoms with van der Waals surface area (Å²) in [5, 5.41) is 0. The maximum absolute atomic E-state index is 10.1. The predicted octanol–water partition coefficient (Wildman–Crippen LogP) is 4.36. The van der Waals surface area contributed by atoms with Gasteiger partial charge in [0.25, 0.3) is 0 Å². The van der Waals surface area contributed by atoms with Crippen LogP contribution in [-0.2, 0) is 19.7 Å². The summed E-state index contributed by atoms with van der Waals surface area (Å²) in [5.74, 6) is 0.748. The molecule has 4 heteroatoms. The summed E-state index contributed by atoms with van der Waals surface area (Å²) in [5.41, 5.74) is 1.49. The highest BCUT2D eigenvalue weighted by Crippen LogP contribution is 2.27. The number of rotatable bonds is 9. The molecule has 0 unspecified atom stereocenters. The molecule has 1 rings (SSSR count). The van der Waals surface area contributed by atoms with Crippen LogP contribution in [0.25, 0.3) is 0 Å². The summed E-state index contributed by atoms with van der Waals surface area (Å²) in [7, 11) is 0. The van der Waals surface area contributed by atoms with Crippen LogP contribution >= 0.6 is 0 Å². The van der Waals surface area contributed by atoms with Crippen molar-refractivity contribution in [2.24, 2.45) is 0 Å². The fourth-order valence-electron chi connectivity index (χ4n) is 1.85. The highest BCUT2D eigenvalue weighted by molar-refractivity contribution is 5.51. The minimum absolute atomic E-state index is 0.0370. The van der Waals surface area contributed by atoms with Gasteiger partial charge in [0.05, 0.1) is 0 Å². The first-order valence-electron chi connectivity index (χ1n) is 8.31. The van der Waals surface area contributed by atoms with Crippen LogP contribution in [0.3, 0.4) is 0 Å². The predicted molar refractivity (Wildman–Crippen MR) is 94.0 cm³/mol. The highest BCUT2D eigenvalue weighted by Gasteiger charge is 2.17. The molecular formula is C19H32O4. The zero-order valence-electron chi connectivity index (χ0n) is 15.4. The van der Waals surface area contributed by atoms with Crippen LogP contribution in [0, 0.1) is 0 Å². The summed E-state index contributed by atoms with van der Waals surface area (Å²) in [6, 6.07) is 7.94. The molecule has 0 N–H and O–H groups in total. The Morgan fingerprint density at radius 1 is 1.04 bits per heavy atom. The van der Waals surface area contributed by atoms with Crippen molar-refractivity contribution in [2.75, 3.05) is 19.8 Å². The number of aldehydes is 1. The molecule has 0 fully saturated rings. The fourth-order valence-corrected chi connectivity index (χ4v) is 1.85. The van der Waals surface area contributed by atoms with Gasteiger partial charge in [-0.3, -0.25) is 4.79 Å². The zero-order valence-corrected chi connectivity index (χ0v) is 15.4. The monoisotopic (exact) mass is 324 g/mol. The Kier molecular flexibility index (Phi) is 11.4. The lowest BCUT2D eigenvalue weighted by Crippen LogP contribution is -2.15. The normalized spacial score (nSPS) is 10.9. The Bertz CT molecular complexity index is 406. The molecule has 132 valence electrons. The lowest BCUT2D eigenvalue weighted by atomic mass is 9.82. The van der Waals surface area contributed by atoms with Crippen LogP contribution in [-0.4, -0.2) is 32.4 Å². The second kappa shape index (κ2) is 12.1. The second-order valence-corrected chi connectivity index (χ2v) is 5.72. The molecule has 0 saturated carbocycles. The van der Waals surface area contributed by atoms with Crippen molar-refractivity contribution in [2.45, 2.75) is 59.7 Å². The molecule has 0 atom stereocenters. The molecule has 0 bridgehead atoms. The van der Waals surface area contributed by atoms with Crippen molar-refractivity contribution in [1.29, 1.82) is 0 Å². The molecule has 0 aliphatic heterocycles. The summed E-state index contributed by atoms with van der Waals surface area (Å²) >= 11 is 0. The van der Waals surface area contributed by atoms with Gasteiger partial charge in [-0.05, 0) is 50.3 Å². The number of hydrogen-bond acceptors (Lipinski definition) is 4. The van der Waals surface area contributed by atoms with Crippen LogP contribution in [0.1, 0.15) is 53.5 Å². The van der Waals surface area contributed by atoms with E-state index in [1.165, 1.54) is 5.56 Å². The van der Waals surface area contributed by atoms with E-state index in [4.69, 9.17) is 14.2 Å². The standard InChI is InChI=1S/C13H18O2.C6H14O2/c1-4-13(2,3)11-5-7-12(8-6-11)15-10-9-14;1-4-7-6(3)8-5-2/h5-9H,4,10H2,1-3H3;6H,4-5H2,1-3H3. The second-order valence-electron chi connectivity index (χ2n) is 5.72. The van der Waals surface area contributed by atoms with Gasteiger partial charge in [0.15, 0.2) is 12.6 Å². The lowest BCUT2D eigenvalue weighted by Gasteiger charge is -2.23.